The van der Waals surface area contributed by atoms with Crippen molar-refractivity contribution in [3.63, 3.8) is 0 Å². The van der Waals surface area contributed by atoms with E-state index in [1.165, 1.54) is 4.90 Å². The summed E-state index contributed by atoms with van der Waals surface area (Å²) in [7, 11) is 5.32. The summed E-state index contributed by atoms with van der Waals surface area (Å²) in [6, 6.07) is 13.6. The summed E-state index contributed by atoms with van der Waals surface area (Å²) in [5.74, 6) is 1.27. The van der Waals surface area contributed by atoms with Crippen molar-refractivity contribution in [1.29, 1.82) is 0 Å². The summed E-state index contributed by atoms with van der Waals surface area (Å²) in [5, 5.41) is 0.942. The van der Waals surface area contributed by atoms with E-state index in [0.29, 0.717) is 30.2 Å². The van der Waals surface area contributed by atoms with Crippen LogP contribution in [0.1, 0.15) is 28.6 Å². The molecule has 3 rings (SSSR count). The zero-order valence-corrected chi connectivity index (χ0v) is 16.7. The number of para-hydroxylation sites is 1. The molecule has 3 aromatic rings. The van der Waals surface area contributed by atoms with Crippen LogP contribution in [-0.2, 0) is 17.8 Å². The molecule has 0 saturated heterocycles. The second kappa shape index (κ2) is 8.80. The van der Waals surface area contributed by atoms with E-state index >= 15 is 0 Å². The number of ether oxygens (including phenoxy) is 3. The monoisotopic (exact) mass is 384 g/mol. The van der Waals surface area contributed by atoms with Gasteiger partial charge in [0.2, 0.25) is 5.76 Å². The molecule has 1 N–H and O–H groups in total. The van der Waals surface area contributed by atoms with Gasteiger partial charge >= 0.3 is 5.97 Å². The van der Waals surface area contributed by atoms with Gasteiger partial charge in [-0.2, -0.15) is 0 Å². The lowest BCUT2D eigenvalue weighted by atomic mass is 10.1. The first-order valence-electron chi connectivity index (χ1n) is 9.27. The Morgan fingerprint density at radius 3 is 2.50 bits per heavy atom. The summed E-state index contributed by atoms with van der Waals surface area (Å²) >= 11 is 0. The number of carbonyl (C=O) groups is 1. The van der Waals surface area contributed by atoms with Gasteiger partial charge in [0.25, 0.3) is 0 Å². The van der Waals surface area contributed by atoms with Gasteiger partial charge in [0.15, 0.2) is 11.5 Å². The lowest BCUT2D eigenvalue weighted by Gasteiger charge is -2.15. The topological polar surface area (TPSA) is 62.3 Å². The molecular formula is C22H26NO5+. The molecule has 0 fully saturated rings. The van der Waals surface area contributed by atoms with E-state index in [1.54, 1.807) is 21.1 Å². The normalized spacial score (nSPS) is 12.0. The molecule has 28 heavy (non-hydrogen) atoms. The Hall–Kier alpha value is -2.99. The van der Waals surface area contributed by atoms with Gasteiger partial charge in [-0.25, -0.2) is 4.79 Å². The number of rotatable bonds is 8. The highest BCUT2D eigenvalue weighted by molar-refractivity contribution is 5.96. The van der Waals surface area contributed by atoms with E-state index in [-0.39, 0.29) is 5.76 Å². The molecule has 148 valence electrons. The summed E-state index contributed by atoms with van der Waals surface area (Å²) in [5.41, 5.74) is 2.67. The zero-order chi connectivity index (χ0) is 20.1. The van der Waals surface area contributed by atoms with E-state index in [2.05, 4.69) is 7.05 Å². The zero-order valence-electron chi connectivity index (χ0n) is 16.7. The molecule has 6 nitrogen and oxygen atoms in total. The molecule has 0 amide bonds. The fourth-order valence-electron chi connectivity index (χ4n) is 3.34. The smallest absolute Gasteiger partial charge is 0.374 e. The maximum absolute atomic E-state index is 12.4. The Kier molecular flexibility index (Phi) is 6.21. The standard InChI is InChI=1S/C22H25NO5/c1-5-27-22(24)21-17(16-8-6-7-9-18(16)28-21)14-23(2)13-15-10-11-19(25-3)20(12-15)26-4/h6-12H,5,13-14H2,1-4H3/p+1. The molecule has 0 saturated carbocycles. The van der Waals surface area contributed by atoms with Crippen molar-refractivity contribution < 1.29 is 28.3 Å². The summed E-state index contributed by atoms with van der Waals surface area (Å²) < 4.78 is 21.7. The Morgan fingerprint density at radius 1 is 1.04 bits per heavy atom. The molecule has 0 spiro atoms. The molecule has 0 aliphatic rings. The van der Waals surface area contributed by atoms with Crippen LogP contribution in [0.4, 0.5) is 0 Å². The number of esters is 1. The van der Waals surface area contributed by atoms with E-state index in [1.807, 2.05) is 42.5 Å². The van der Waals surface area contributed by atoms with Gasteiger partial charge < -0.3 is 23.5 Å². The number of hydrogen-bond acceptors (Lipinski definition) is 5. The summed E-state index contributed by atoms with van der Waals surface area (Å²) in [6.45, 7) is 3.47. The van der Waals surface area contributed by atoms with Gasteiger partial charge in [0.05, 0.1) is 33.4 Å². The van der Waals surface area contributed by atoms with Gasteiger partial charge in [-0.05, 0) is 31.2 Å². The molecule has 0 radical (unpaired) electrons. The highest BCUT2D eigenvalue weighted by Gasteiger charge is 2.24. The van der Waals surface area contributed by atoms with Gasteiger partial charge in [-0.1, -0.05) is 18.2 Å². The van der Waals surface area contributed by atoms with E-state index in [4.69, 9.17) is 18.6 Å². The number of fused-ring (bicyclic) bond motifs is 1. The SMILES string of the molecule is CCOC(=O)c1oc2ccccc2c1C[NH+](C)Cc1ccc(OC)c(OC)c1. The van der Waals surface area contributed by atoms with E-state index in [0.717, 1.165) is 23.1 Å². The van der Waals surface area contributed by atoms with Crippen LogP contribution in [0.15, 0.2) is 46.9 Å². The highest BCUT2D eigenvalue weighted by Crippen LogP contribution is 2.28. The second-order valence-corrected chi connectivity index (χ2v) is 6.63. The van der Waals surface area contributed by atoms with Crippen LogP contribution < -0.4 is 14.4 Å². The van der Waals surface area contributed by atoms with Crippen LogP contribution in [0.2, 0.25) is 0 Å². The van der Waals surface area contributed by atoms with Crippen molar-refractivity contribution in [3.05, 3.63) is 59.4 Å². The number of carbonyl (C=O) groups excluding carboxylic acids is 1. The first-order valence-corrected chi connectivity index (χ1v) is 9.27. The third kappa shape index (κ3) is 4.12. The molecule has 2 aromatic carbocycles. The molecular weight excluding hydrogens is 358 g/mol. The number of nitrogens with one attached hydrogen (secondary N) is 1. The van der Waals surface area contributed by atoms with Crippen molar-refractivity contribution >= 4 is 16.9 Å². The minimum atomic E-state index is -0.424. The third-order valence-corrected chi connectivity index (χ3v) is 4.59. The summed E-state index contributed by atoms with van der Waals surface area (Å²) in [4.78, 5) is 13.6. The first kappa shape index (κ1) is 19.8. The lowest BCUT2D eigenvalue weighted by molar-refractivity contribution is -0.907. The number of furan rings is 1. The Labute approximate surface area is 164 Å². The van der Waals surface area contributed by atoms with Crippen molar-refractivity contribution in [1.82, 2.24) is 0 Å². The predicted molar refractivity (Wildman–Crippen MR) is 106 cm³/mol. The van der Waals surface area contributed by atoms with Crippen LogP contribution >= 0.6 is 0 Å². The van der Waals surface area contributed by atoms with Gasteiger partial charge in [-0.3, -0.25) is 0 Å². The summed E-state index contributed by atoms with van der Waals surface area (Å²) in [6.07, 6.45) is 0. The van der Waals surface area contributed by atoms with Crippen LogP contribution in [0.25, 0.3) is 11.0 Å². The number of methoxy groups -OCH3 is 2. The Bertz CT molecular complexity index is 963. The molecule has 1 unspecified atom stereocenters. The minimum absolute atomic E-state index is 0.287. The predicted octanol–water partition coefficient (Wildman–Crippen LogP) is 2.84. The largest absolute Gasteiger partial charge is 0.493 e. The number of quaternary nitrogens is 1. The highest BCUT2D eigenvalue weighted by atomic mass is 16.5. The molecule has 0 bridgehead atoms. The van der Waals surface area contributed by atoms with Gasteiger partial charge in [0, 0.05) is 10.9 Å². The van der Waals surface area contributed by atoms with Crippen LogP contribution in [0, 0.1) is 0 Å². The second-order valence-electron chi connectivity index (χ2n) is 6.63. The van der Waals surface area contributed by atoms with Crippen molar-refractivity contribution in [2.45, 2.75) is 20.0 Å². The molecule has 0 aliphatic carbocycles. The quantitative estimate of drug-likeness (QED) is 0.605. The maximum Gasteiger partial charge on any atom is 0.374 e. The van der Waals surface area contributed by atoms with Gasteiger partial charge in [-0.15, -0.1) is 0 Å². The van der Waals surface area contributed by atoms with Crippen molar-refractivity contribution in [3.8, 4) is 11.5 Å². The Morgan fingerprint density at radius 2 is 1.79 bits per heavy atom. The first-order chi connectivity index (χ1) is 13.6. The average Bonchev–Trinajstić information content (AvgIpc) is 3.06. The van der Waals surface area contributed by atoms with Crippen LogP contribution in [0.3, 0.4) is 0 Å². The molecule has 0 aliphatic heterocycles. The molecule has 6 heteroatoms. The molecule has 1 atom stereocenters. The van der Waals surface area contributed by atoms with Crippen molar-refractivity contribution in [2.75, 3.05) is 27.9 Å². The van der Waals surface area contributed by atoms with Crippen molar-refractivity contribution in [2.24, 2.45) is 0 Å². The van der Waals surface area contributed by atoms with E-state index < -0.39 is 5.97 Å². The minimum Gasteiger partial charge on any atom is -0.493 e. The lowest BCUT2D eigenvalue weighted by Crippen LogP contribution is -3.06. The van der Waals surface area contributed by atoms with Crippen LogP contribution in [-0.4, -0.2) is 33.8 Å². The van der Waals surface area contributed by atoms with Crippen LogP contribution in [0.5, 0.6) is 11.5 Å². The number of hydrogen-bond donors (Lipinski definition) is 1. The molecule has 1 aromatic heterocycles. The Balaban J connectivity index is 1.85. The third-order valence-electron chi connectivity index (χ3n) is 4.59. The fourth-order valence-corrected chi connectivity index (χ4v) is 3.34. The fraction of sp³-hybridized carbons (Fsp3) is 0.318. The van der Waals surface area contributed by atoms with Gasteiger partial charge in [0.1, 0.15) is 18.7 Å². The average molecular weight is 384 g/mol. The number of benzene rings is 2. The van der Waals surface area contributed by atoms with E-state index in [9.17, 15) is 4.79 Å². The molecule has 1 heterocycles. The maximum atomic E-state index is 12.4.